The summed E-state index contributed by atoms with van der Waals surface area (Å²) >= 11 is 1.61. The smallest absolute Gasteiger partial charge is 0.259 e. The number of thioether (sulfide) groups is 1. The molecule has 0 spiro atoms. The average molecular weight is 299 g/mol. The molecule has 2 aromatic rings. The minimum absolute atomic E-state index is 0.0659. The molecule has 0 aliphatic carbocycles. The third-order valence-electron chi connectivity index (χ3n) is 3.55. The largest absolute Gasteiger partial charge is 0.308 e. The quantitative estimate of drug-likeness (QED) is 0.763. The molecular weight excluding hydrogens is 278 g/mol. The maximum Gasteiger partial charge on any atom is 0.259 e. The molecule has 0 N–H and O–H groups in total. The number of anilines is 1. The molecule has 0 aliphatic rings. The Labute approximate surface area is 131 Å². The predicted molar refractivity (Wildman–Crippen MR) is 91.5 cm³/mol. The number of nitrogens with zero attached hydrogens (tertiary/aromatic N) is 1. The summed E-state index contributed by atoms with van der Waals surface area (Å²) in [5.74, 6) is 0.0659. The second kappa shape index (κ2) is 6.81. The van der Waals surface area contributed by atoms with Gasteiger partial charge in [-0.2, -0.15) is 0 Å². The SMILES string of the molecule is CCN(C(=O)c1ccccc1SC)c1cc(C)ccc1C. The lowest BCUT2D eigenvalue weighted by Crippen LogP contribution is -2.31. The van der Waals surface area contributed by atoms with E-state index in [9.17, 15) is 4.79 Å². The van der Waals surface area contributed by atoms with Crippen LogP contribution in [0.5, 0.6) is 0 Å². The highest BCUT2D eigenvalue weighted by atomic mass is 32.2. The Morgan fingerprint density at radius 1 is 1.14 bits per heavy atom. The molecule has 3 heteroatoms. The highest BCUT2D eigenvalue weighted by Crippen LogP contribution is 2.26. The zero-order valence-electron chi connectivity index (χ0n) is 13.0. The molecule has 0 bridgehead atoms. The van der Waals surface area contributed by atoms with Gasteiger partial charge in [0.15, 0.2) is 0 Å². The zero-order valence-corrected chi connectivity index (χ0v) is 13.8. The normalized spacial score (nSPS) is 10.5. The Kier molecular flexibility index (Phi) is 5.07. The molecule has 110 valence electrons. The monoisotopic (exact) mass is 299 g/mol. The van der Waals surface area contributed by atoms with Crippen LogP contribution in [0.1, 0.15) is 28.4 Å². The first-order valence-corrected chi connectivity index (χ1v) is 8.33. The number of hydrogen-bond donors (Lipinski definition) is 0. The first-order chi connectivity index (χ1) is 10.1. The summed E-state index contributed by atoms with van der Waals surface area (Å²) in [4.78, 5) is 15.8. The summed E-state index contributed by atoms with van der Waals surface area (Å²) < 4.78 is 0. The summed E-state index contributed by atoms with van der Waals surface area (Å²) in [7, 11) is 0. The average Bonchev–Trinajstić information content (AvgIpc) is 2.51. The topological polar surface area (TPSA) is 20.3 Å². The molecule has 0 saturated carbocycles. The van der Waals surface area contributed by atoms with Gasteiger partial charge in [-0.15, -0.1) is 11.8 Å². The molecule has 0 radical (unpaired) electrons. The van der Waals surface area contributed by atoms with Crippen molar-refractivity contribution >= 4 is 23.4 Å². The van der Waals surface area contributed by atoms with E-state index in [1.165, 1.54) is 5.56 Å². The van der Waals surface area contributed by atoms with Crippen molar-refractivity contribution < 1.29 is 4.79 Å². The molecule has 1 amide bonds. The molecule has 0 fully saturated rings. The molecule has 2 aromatic carbocycles. The second-order valence-corrected chi connectivity index (χ2v) is 5.89. The lowest BCUT2D eigenvalue weighted by Gasteiger charge is -2.24. The van der Waals surface area contributed by atoms with Crippen LogP contribution in [-0.4, -0.2) is 18.7 Å². The maximum absolute atomic E-state index is 12.9. The first kappa shape index (κ1) is 15.6. The van der Waals surface area contributed by atoms with Crippen molar-refractivity contribution in [3.63, 3.8) is 0 Å². The van der Waals surface area contributed by atoms with Crippen LogP contribution in [0.3, 0.4) is 0 Å². The van der Waals surface area contributed by atoms with E-state index in [0.29, 0.717) is 6.54 Å². The molecule has 0 aliphatic heterocycles. The van der Waals surface area contributed by atoms with Crippen LogP contribution in [0, 0.1) is 13.8 Å². The number of carbonyl (C=O) groups excluding carboxylic acids is 1. The van der Waals surface area contributed by atoms with Crippen molar-refractivity contribution in [1.29, 1.82) is 0 Å². The zero-order chi connectivity index (χ0) is 15.4. The maximum atomic E-state index is 12.9. The summed E-state index contributed by atoms with van der Waals surface area (Å²) in [6, 6.07) is 14.0. The van der Waals surface area contributed by atoms with Gasteiger partial charge < -0.3 is 4.90 Å². The van der Waals surface area contributed by atoms with E-state index in [1.54, 1.807) is 11.8 Å². The van der Waals surface area contributed by atoms with Gasteiger partial charge in [-0.3, -0.25) is 4.79 Å². The van der Waals surface area contributed by atoms with Crippen LogP contribution in [0.25, 0.3) is 0 Å². The minimum atomic E-state index is 0.0659. The van der Waals surface area contributed by atoms with Crippen LogP contribution in [-0.2, 0) is 0 Å². The van der Waals surface area contributed by atoms with Crippen molar-refractivity contribution in [2.45, 2.75) is 25.7 Å². The van der Waals surface area contributed by atoms with Gasteiger partial charge in [0.2, 0.25) is 0 Å². The Balaban J connectivity index is 2.46. The number of carbonyl (C=O) groups is 1. The van der Waals surface area contributed by atoms with Gasteiger partial charge in [0.1, 0.15) is 0 Å². The van der Waals surface area contributed by atoms with Gasteiger partial charge in [-0.1, -0.05) is 24.3 Å². The first-order valence-electron chi connectivity index (χ1n) is 7.10. The lowest BCUT2D eigenvalue weighted by molar-refractivity contribution is 0.0985. The second-order valence-electron chi connectivity index (χ2n) is 5.04. The number of aryl methyl sites for hydroxylation is 2. The van der Waals surface area contributed by atoms with Gasteiger partial charge >= 0.3 is 0 Å². The summed E-state index contributed by atoms with van der Waals surface area (Å²) in [6.07, 6.45) is 2.00. The van der Waals surface area contributed by atoms with E-state index in [0.717, 1.165) is 21.7 Å². The molecule has 0 unspecified atom stereocenters. The Hall–Kier alpha value is -1.74. The van der Waals surface area contributed by atoms with Crippen LogP contribution < -0.4 is 4.90 Å². The van der Waals surface area contributed by atoms with E-state index >= 15 is 0 Å². The van der Waals surface area contributed by atoms with Gasteiger partial charge in [0.05, 0.1) is 5.56 Å². The standard InChI is InChI=1S/C18H21NOS/c1-5-19(16-12-13(2)10-11-14(16)3)18(20)15-8-6-7-9-17(15)21-4/h6-12H,5H2,1-4H3. The molecular formula is C18H21NOS. The van der Waals surface area contributed by atoms with Gasteiger partial charge in [-0.05, 0) is 56.4 Å². The van der Waals surface area contributed by atoms with E-state index in [2.05, 4.69) is 25.1 Å². The van der Waals surface area contributed by atoms with Gasteiger partial charge in [0, 0.05) is 17.1 Å². The molecule has 0 heterocycles. The molecule has 2 nitrogen and oxygen atoms in total. The molecule has 21 heavy (non-hydrogen) atoms. The van der Waals surface area contributed by atoms with Crippen molar-refractivity contribution in [3.8, 4) is 0 Å². The van der Waals surface area contributed by atoms with Crippen LogP contribution >= 0.6 is 11.8 Å². The van der Waals surface area contributed by atoms with E-state index in [4.69, 9.17) is 0 Å². The Morgan fingerprint density at radius 3 is 2.52 bits per heavy atom. The predicted octanol–water partition coefficient (Wildman–Crippen LogP) is 4.69. The third-order valence-corrected chi connectivity index (χ3v) is 4.35. The van der Waals surface area contributed by atoms with Crippen molar-refractivity contribution in [2.24, 2.45) is 0 Å². The fraction of sp³-hybridized carbons (Fsp3) is 0.278. The van der Waals surface area contributed by atoms with Crippen molar-refractivity contribution in [1.82, 2.24) is 0 Å². The lowest BCUT2D eigenvalue weighted by atomic mass is 10.1. The van der Waals surface area contributed by atoms with E-state index in [1.807, 2.05) is 49.3 Å². The fourth-order valence-electron chi connectivity index (χ4n) is 2.40. The van der Waals surface area contributed by atoms with Crippen molar-refractivity contribution in [3.05, 3.63) is 59.2 Å². The molecule has 2 rings (SSSR count). The summed E-state index contributed by atoms with van der Waals surface area (Å²) in [5, 5.41) is 0. The molecule has 0 atom stereocenters. The fourth-order valence-corrected chi connectivity index (χ4v) is 2.99. The van der Waals surface area contributed by atoms with Crippen LogP contribution in [0.4, 0.5) is 5.69 Å². The number of amides is 1. The van der Waals surface area contributed by atoms with E-state index in [-0.39, 0.29) is 5.91 Å². The summed E-state index contributed by atoms with van der Waals surface area (Å²) in [5.41, 5.74) is 4.06. The molecule has 0 saturated heterocycles. The van der Waals surface area contributed by atoms with Crippen LogP contribution in [0.2, 0.25) is 0 Å². The number of benzene rings is 2. The highest BCUT2D eigenvalue weighted by molar-refractivity contribution is 7.98. The minimum Gasteiger partial charge on any atom is -0.308 e. The highest BCUT2D eigenvalue weighted by Gasteiger charge is 2.20. The number of rotatable bonds is 4. The molecule has 0 aromatic heterocycles. The summed E-state index contributed by atoms with van der Waals surface area (Å²) in [6.45, 7) is 6.77. The van der Waals surface area contributed by atoms with E-state index < -0.39 is 0 Å². The van der Waals surface area contributed by atoms with Crippen LogP contribution in [0.15, 0.2) is 47.4 Å². The number of hydrogen-bond acceptors (Lipinski definition) is 2. The van der Waals surface area contributed by atoms with Gasteiger partial charge in [-0.25, -0.2) is 0 Å². The Bertz CT molecular complexity index is 651. The van der Waals surface area contributed by atoms with Gasteiger partial charge in [0.25, 0.3) is 5.91 Å². The third kappa shape index (κ3) is 3.30. The Morgan fingerprint density at radius 2 is 1.86 bits per heavy atom. The van der Waals surface area contributed by atoms with Crippen molar-refractivity contribution in [2.75, 3.05) is 17.7 Å².